The number of ether oxygens (including phenoxy) is 1. The second kappa shape index (κ2) is 10.8. The largest absolute Gasteiger partial charge is 0.385 e. The molecule has 0 bridgehead atoms. The first kappa shape index (κ1) is 24.0. The number of thioether (sulfide) groups is 1. The molecule has 1 aromatic carbocycles. The third-order valence-corrected chi connectivity index (χ3v) is 8.50. The van der Waals surface area contributed by atoms with Crippen molar-refractivity contribution >= 4 is 39.2 Å². The van der Waals surface area contributed by atoms with E-state index in [4.69, 9.17) is 9.72 Å². The van der Waals surface area contributed by atoms with Crippen molar-refractivity contribution in [3.8, 4) is 0 Å². The van der Waals surface area contributed by atoms with E-state index in [2.05, 4.69) is 0 Å². The number of hydrogen-bond acceptors (Lipinski definition) is 6. The number of carbonyl (C=O) groups is 1. The van der Waals surface area contributed by atoms with E-state index in [-0.39, 0.29) is 23.3 Å². The minimum atomic E-state index is -0.0253. The minimum absolute atomic E-state index is 0.0135. The zero-order valence-electron chi connectivity index (χ0n) is 19.5. The van der Waals surface area contributed by atoms with Crippen LogP contribution in [0, 0.1) is 0 Å². The van der Waals surface area contributed by atoms with E-state index < -0.39 is 0 Å². The fourth-order valence-corrected chi connectivity index (χ4v) is 6.55. The lowest BCUT2D eigenvalue weighted by atomic mass is 9.97. The number of aromatic nitrogens is 2. The normalized spacial score (nSPS) is 14.3. The van der Waals surface area contributed by atoms with Crippen LogP contribution < -0.4 is 5.56 Å². The van der Waals surface area contributed by atoms with E-state index in [1.54, 1.807) is 27.9 Å². The second-order valence-electron chi connectivity index (χ2n) is 8.47. The second-order valence-corrected chi connectivity index (χ2v) is 10.5. The Kier molecular flexibility index (Phi) is 7.88. The van der Waals surface area contributed by atoms with Gasteiger partial charge in [-0.05, 0) is 50.2 Å². The van der Waals surface area contributed by atoms with Crippen molar-refractivity contribution in [2.45, 2.75) is 56.8 Å². The Hall–Kier alpha value is -2.16. The summed E-state index contributed by atoms with van der Waals surface area (Å²) < 4.78 is 6.95. The Labute approximate surface area is 203 Å². The molecule has 176 valence electrons. The van der Waals surface area contributed by atoms with E-state index in [9.17, 15) is 9.59 Å². The number of hydrogen-bond donors (Lipinski definition) is 0. The number of nitrogens with zero attached hydrogens (tertiary/aromatic N) is 3. The predicted octanol–water partition coefficient (Wildman–Crippen LogP) is 4.69. The van der Waals surface area contributed by atoms with Crippen molar-refractivity contribution in [1.82, 2.24) is 14.5 Å². The molecular weight excluding hydrogens is 454 g/mol. The monoisotopic (exact) mass is 485 g/mol. The summed E-state index contributed by atoms with van der Waals surface area (Å²) in [6.07, 6.45) is 5.01. The van der Waals surface area contributed by atoms with Gasteiger partial charge in [0.1, 0.15) is 4.83 Å². The highest BCUT2D eigenvalue weighted by Crippen LogP contribution is 2.35. The maximum Gasteiger partial charge on any atom is 0.263 e. The van der Waals surface area contributed by atoms with Gasteiger partial charge in [0.15, 0.2) is 5.16 Å². The summed E-state index contributed by atoms with van der Waals surface area (Å²) in [6, 6.07) is 9.98. The zero-order valence-corrected chi connectivity index (χ0v) is 21.1. The Bertz CT molecular complexity index is 1170. The predicted molar refractivity (Wildman–Crippen MR) is 135 cm³/mol. The van der Waals surface area contributed by atoms with E-state index in [0.29, 0.717) is 18.3 Å². The molecule has 0 fully saturated rings. The summed E-state index contributed by atoms with van der Waals surface area (Å²) in [4.78, 5) is 35.3. The van der Waals surface area contributed by atoms with Gasteiger partial charge < -0.3 is 9.64 Å². The number of fused-ring (bicyclic) bond motifs is 3. The standard InChI is InChI=1S/C25H31N3O3S2/c1-17(18-10-5-4-6-11-18)27(2)21(29)16-32-25-26-23-22(19-12-7-8-13-20(19)33-23)24(30)28(25)14-9-15-31-3/h4-6,10-11,17H,7-9,12-16H2,1-3H3/t17-/m1/s1. The van der Waals surface area contributed by atoms with Gasteiger partial charge in [-0.2, -0.15) is 0 Å². The van der Waals surface area contributed by atoms with Gasteiger partial charge in [0.05, 0.1) is 17.2 Å². The molecular formula is C25H31N3O3S2. The van der Waals surface area contributed by atoms with Crippen LogP contribution >= 0.6 is 23.1 Å². The molecule has 0 saturated carbocycles. The molecule has 0 N–H and O–H groups in total. The van der Waals surface area contributed by atoms with Crippen molar-refractivity contribution in [2.75, 3.05) is 26.5 Å². The third-order valence-electron chi connectivity index (χ3n) is 6.35. The number of carbonyl (C=O) groups excluding carboxylic acids is 1. The molecule has 0 saturated heterocycles. The van der Waals surface area contributed by atoms with Gasteiger partial charge in [0, 0.05) is 32.2 Å². The maximum absolute atomic E-state index is 13.5. The molecule has 6 nitrogen and oxygen atoms in total. The molecule has 0 spiro atoms. The van der Waals surface area contributed by atoms with E-state index in [0.717, 1.165) is 41.5 Å². The van der Waals surface area contributed by atoms with Crippen LogP contribution in [0.15, 0.2) is 40.3 Å². The fourth-order valence-electron chi connectivity index (χ4n) is 4.29. The minimum Gasteiger partial charge on any atom is -0.385 e. The lowest BCUT2D eigenvalue weighted by Gasteiger charge is -2.25. The van der Waals surface area contributed by atoms with Gasteiger partial charge in [-0.25, -0.2) is 4.98 Å². The molecule has 2 aromatic heterocycles. The van der Waals surface area contributed by atoms with Gasteiger partial charge in [0.2, 0.25) is 5.91 Å². The van der Waals surface area contributed by atoms with Crippen molar-refractivity contribution in [3.05, 3.63) is 56.7 Å². The summed E-state index contributed by atoms with van der Waals surface area (Å²) in [5.41, 5.74) is 2.32. The lowest BCUT2D eigenvalue weighted by molar-refractivity contribution is -0.128. The van der Waals surface area contributed by atoms with Crippen molar-refractivity contribution in [3.63, 3.8) is 0 Å². The van der Waals surface area contributed by atoms with Crippen molar-refractivity contribution in [1.29, 1.82) is 0 Å². The highest BCUT2D eigenvalue weighted by atomic mass is 32.2. The van der Waals surface area contributed by atoms with Crippen LogP contribution in [0.1, 0.15) is 48.2 Å². The Morgan fingerprint density at radius 2 is 2.03 bits per heavy atom. The fraction of sp³-hybridized carbons (Fsp3) is 0.480. The van der Waals surface area contributed by atoms with Gasteiger partial charge in [-0.15, -0.1) is 11.3 Å². The molecule has 3 aromatic rings. The molecule has 4 rings (SSSR count). The molecule has 1 aliphatic carbocycles. The number of rotatable bonds is 9. The molecule has 2 heterocycles. The zero-order chi connectivity index (χ0) is 23.4. The highest BCUT2D eigenvalue weighted by molar-refractivity contribution is 7.99. The number of thiophene rings is 1. The third kappa shape index (κ3) is 5.18. The van der Waals surface area contributed by atoms with E-state index >= 15 is 0 Å². The maximum atomic E-state index is 13.5. The van der Waals surface area contributed by atoms with Crippen molar-refractivity contribution < 1.29 is 9.53 Å². The summed E-state index contributed by atoms with van der Waals surface area (Å²) in [6.45, 7) is 3.14. The summed E-state index contributed by atoms with van der Waals surface area (Å²) in [5.74, 6) is 0.251. The van der Waals surface area contributed by atoms with Crippen LogP contribution in [0.4, 0.5) is 0 Å². The Balaban J connectivity index is 1.58. The van der Waals surface area contributed by atoms with Crippen LogP contribution in [0.25, 0.3) is 10.2 Å². The highest BCUT2D eigenvalue weighted by Gasteiger charge is 2.23. The first-order valence-electron chi connectivity index (χ1n) is 11.5. The van der Waals surface area contributed by atoms with Crippen LogP contribution in [0.2, 0.25) is 0 Å². The molecule has 8 heteroatoms. The molecule has 0 unspecified atom stereocenters. The lowest BCUT2D eigenvalue weighted by Crippen LogP contribution is -2.31. The van der Waals surface area contributed by atoms with E-state index in [1.165, 1.54) is 28.6 Å². The molecule has 1 amide bonds. The van der Waals surface area contributed by atoms with Gasteiger partial charge in [0.25, 0.3) is 5.56 Å². The van der Waals surface area contributed by atoms with Gasteiger partial charge >= 0.3 is 0 Å². The van der Waals surface area contributed by atoms with Crippen LogP contribution in [-0.4, -0.2) is 46.9 Å². The Morgan fingerprint density at radius 3 is 2.79 bits per heavy atom. The molecule has 1 atom stereocenters. The van der Waals surface area contributed by atoms with Crippen LogP contribution in [0.3, 0.4) is 0 Å². The SMILES string of the molecule is COCCCn1c(SCC(=O)N(C)[C@H](C)c2ccccc2)nc2sc3c(c2c1=O)CCCC3. The first-order chi connectivity index (χ1) is 16.0. The van der Waals surface area contributed by atoms with Crippen LogP contribution in [0.5, 0.6) is 0 Å². The summed E-state index contributed by atoms with van der Waals surface area (Å²) in [5, 5.41) is 1.41. The van der Waals surface area contributed by atoms with Crippen LogP contribution in [-0.2, 0) is 28.9 Å². The first-order valence-corrected chi connectivity index (χ1v) is 13.3. The topological polar surface area (TPSA) is 64.4 Å². The average molecular weight is 486 g/mol. The molecule has 0 radical (unpaired) electrons. The van der Waals surface area contributed by atoms with Crippen molar-refractivity contribution in [2.24, 2.45) is 0 Å². The quantitative estimate of drug-likeness (QED) is 0.250. The molecule has 1 aliphatic rings. The number of aryl methyl sites for hydroxylation is 2. The Morgan fingerprint density at radius 1 is 1.27 bits per heavy atom. The summed E-state index contributed by atoms with van der Waals surface area (Å²) in [7, 11) is 3.49. The summed E-state index contributed by atoms with van der Waals surface area (Å²) >= 11 is 3.01. The molecule has 33 heavy (non-hydrogen) atoms. The average Bonchev–Trinajstić information content (AvgIpc) is 3.22. The smallest absolute Gasteiger partial charge is 0.263 e. The van der Waals surface area contributed by atoms with Gasteiger partial charge in [-0.1, -0.05) is 42.1 Å². The molecule has 0 aliphatic heterocycles. The number of amides is 1. The number of methoxy groups -OCH3 is 1. The van der Waals surface area contributed by atoms with Gasteiger partial charge in [-0.3, -0.25) is 14.2 Å². The van der Waals surface area contributed by atoms with E-state index in [1.807, 2.05) is 44.3 Å². The number of benzene rings is 1.